The third kappa shape index (κ3) is 4.95. The van der Waals surface area contributed by atoms with E-state index in [9.17, 15) is 9.59 Å². The quantitative estimate of drug-likeness (QED) is 0.811. The van der Waals surface area contributed by atoms with Gasteiger partial charge >= 0.3 is 0 Å². The van der Waals surface area contributed by atoms with Crippen molar-refractivity contribution in [3.63, 3.8) is 0 Å². The van der Waals surface area contributed by atoms with E-state index in [0.717, 1.165) is 11.1 Å². The maximum absolute atomic E-state index is 12.9. The summed E-state index contributed by atoms with van der Waals surface area (Å²) in [6.45, 7) is 8.05. The van der Waals surface area contributed by atoms with Crippen LogP contribution in [0.2, 0.25) is 0 Å². The molecular formula is C23H28N2O4. The molecule has 154 valence electrons. The molecule has 0 bridgehead atoms. The van der Waals surface area contributed by atoms with Crippen molar-refractivity contribution < 1.29 is 19.1 Å². The fourth-order valence-corrected chi connectivity index (χ4v) is 3.26. The average Bonchev–Trinajstić information content (AvgIpc) is 2.75. The van der Waals surface area contributed by atoms with Gasteiger partial charge in [-0.1, -0.05) is 31.2 Å². The van der Waals surface area contributed by atoms with Gasteiger partial charge in [-0.05, 0) is 49.6 Å². The fraction of sp³-hybridized carbons (Fsp3) is 0.391. The molecule has 1 heterocycles. The van der Waals surface area contributed by atoms with Crippen molar-refractivity contribution in [2.75, 3.05) is 31.6 Å². The first-order chi connectivity index (χ1) is 14.0. The largest absolute Gasteiger partial charge is 0.480 e. The average molecular weight is 396 g/mol. The summed E-state index contributed by atoms with van der Waals surface area (Å²) in [7, 11) is 0. The van der Waals surface area contributed by atoms with Gasteiger partial charge in [-0.25, -0.2) is 0 Å². The molecule has 0 saturated carbocycles. The second kappa shape index (κ2) is 9.56. The minimum atomic E-state index is -0.651. The van der Waals surface area contributed by atoms with Gasteiger partial charge in [0.05, 0.1) is 24.5 Å². The van der Waals surface area contributed by atoms with Gasteiger partial charge in [0.25, 0.3) is 11.8 Å². The van der Waals surface area contributed by atoms with Crippen LogP contribution >= 0.6 is 0 Å². The number of aryl methyl sites for hydroxylation is 1. The van der Waals surface area contributed by atoms with E-state index in [1.165, 1.54) is 0 Å². The van der Waals surface area contributed by atoms with Crippen molar-refractivity contribution >= 4 is 17.5 Å². The second-order valence-electron chi connectivity index (χ2n) is 7.15. The molecule has 6 heteroatoms. The number of rotatable bonds is 6. The molecule has 1 saturated heterocycles. The second-order valence-corrected chi connectivity index (χ2v) is 7.15. The molecule has 0 radical (unpaired) electrons. The molecule has 1 unspecified atom stereocenters. The Bertz CT molecular complexity index is 875. The predicted molar refractivity (Wildman–Crippen MR) is 112 cm³/mol. The first-order valence-electron chi connectivity index (χ1n) is 10.0. The number of amides is 2. The van der Waals surface area contributed by atoms with Gasteiger partial charge < -0.3 is 19.7 Å². The number of benzene rings is 2. The van der Waals surface area contributed by atoms with Crippen molar-refractivity contribution in [3.8, 4) is 5.75 Å². The zero-order valence-corrected chi connectivity index (χ0v) is 17.2. The Hall–Kier alpha value is -2.86. The Labute approximate surface area is 171 Å². The smallest absolute Gasteiger partial charge is 0.265 e. The Kier molecular flexibility index (Phi) is 6.88. The lowest BCUT2D eigenvalue weighted by Gasteiger charge is -2.27. The van der Waals surface area contributed by atoms with Crippen LogP contribution in [0.1, 0.15) is 34.8 Å². The monoisotopic (exact) mass is 396 g/mol. The van der Waals surface area contributed by atoms with Crippen LogP contribution in [-0.4, -0.2) is 49.1 Å². The van der Waals surface area contributed by atoms with Gasteiger partial charge in [0.2, 0.25) is 0 Å². The molecule has 1 N–H and O–H groups in total. The molecule has 2 amide bonds. The summed E-state index contributed by atoms with van der Waals surface area (Å²) in [5.74, 6) is 0.327. The van der Waals surface area contributed by atoms with Crippen molar-refractivity contribution in [3.05, 3.63) is 59.2 Å². The predicted octanol–water partition coefficient (Wildman–Crippen LogP) is 3.57. The lowest BCUT2D eigenvalue weighted by atomic mass is 10.1. The molecule has 1 aliphatic rings. The molecule has 0 aliphatic carbocycles. The molecule has 0 aromatic heterocycles. The van der Waals surface area contributed by atoms with Gasteiger partial charge in [0, 0.05) is 13.1 Å². The van der Waals surface area contributed by atoms with E-state index in [0.29, 0.717) is 49.7 Å². The lowest BCUT2D eigenvalue weighted by molar-refractivity contribution is -0.122. The standard InChI is InChI=1S/C23H28N2O4/c1-4-20(29-21-11-7-8-16(2)17(21)3)22(26)24-19-10-6-5-9-18(19)23(27)25-12-14-28-15-13-25/h5-11,20H,4,12-15H2,1-3H3,(H,24,26). The lowest BCUT2D eigenvalue weighted by Crippen LogP contribution is -2.41. The summed E-state index contributed by atoms with van der Waals surface area (Å²) >= 11 is 0. The Morgan fingerprint density at radius 3 is 2.55 bits per heavy atom. The van der Waals surface area contributed by atoms with Crippen molar-refractivity contribution in [1.29, 1.82) is 0 Å². The topological polar surface area (TPSA) is 67.9 Å². The third-order valence-corrected chi connectivity index (χ3v) is 5.20. The van der Waals surface area contributed by atoms with Crippen molar-refractivity contribution in [2.45, 2.75) is 33.3 Å². The van der Waals surface area contributed by atoms with Crippen LogP contribution in [0.15, 0.2) is 42.5 Å². The van der Waals surface area contributed by atoms with Gasteiger partial charge in [-0.3, -0.25) is 9.59 Å². The number of carbonyl (C=O) groups is 2. The molecular weight excluding hydrogens is 368 g/mol. The maximum atomic E-state index is 12.9. The molecule has 1 aliphatic heterocycles. The number of morpholine rings is 1. The highest BCUT2D eigenvalue weighted by atomic mass is 16.5. The summed E-state index contributed by atoms with van der Waals surface area (Å²) in [5, 5.41) is 2.89. The highest BCUT2D eigenvalue weighted by molar-refractivity contribution is 6.04. The molecule has 2 aromatic rings. The first-order valence-corrected chi connectivity index (χ1v) is 10.0. The van der Waals surface area contributed by atoms with Gasteiger partial charge in [0.15, 0.2) is 6.10 Å². The number of carbonyl (C=O) groups excluding carboxylic acids is 2. The first kappa shape index (κ1) is 20.9. The summed E-state index contributed by atoms with van der Waals surface area (Å²) in [6, 6.07) is 12.9. The van der Waals surface area contributed by atoms with E-state index in [1.54, 1.807) is 29.2 Å². The summed E-state index contributed by atoms with van der Waals surface area (Å²) in [4.78, 5) is 27.6. The normalized spacial score (nSPS) is 14.9. The number of hydrogen-bond acceptors (Lipinski definition) is 4. The zero-order chi connectivity index (χ0) is 20.8. The van der Waals surface area contributed by atoms with E-state index in [1.807, 2.05) is 39.0 Å². The van der Waals surface area contributed by atoms with E-state index in [-0.39, 0.29) is 11.8 Å². The van der Waals surface area contributed by atoms with Crippen LogP contribution in [0.3, 0.4) is 0 Å². The number of anilines is 1. The molecule has 29 heavy (non-hydrogen) atoms. The Morgan fingerprint density at radius 1 is 1.10 bits per heavy atom. The minimum absolute atomic E-state index is 0.104. The van der Waals surface area contributed by atoms with E-state index in [4.69, 9.17) is 9.47 Å². The zero-order valence-electron chi connectivity index (χ0n) is 17.2. The molecule has 0 spiro atoms. The number of nitrogens with one attached hydrogen (secondary N) is 1. The van der Waals surface area contributed by atoms with Gasteiger partial charge in [0.1, 0.15) is 5.75 Å². The number of ether oxygens (including phenoxy) is 2. The van der Waals surface area contributed by atoms with Crippen molar-refractivity contribution in [1.82, 2.24) is 4.90 Å². The Balaban J connectivity index is 1.75. The minimum Gasteiger partial charge on any atom is -0.480 e. The van der Waals surface area contributed by atoms with Crippen LogP contribution in [0.25, 0.3) is 0 Å². The van der Waals surface area contributed by atoms with Crippen molar-refractivity contribution in [2.24, 2.45) is 0 Å². The molecule has 6 nitrogen and oxygen atoms in total. The number of hydrogen-bond donors (Lipinski definition) is 1. The van der Waals surface area contributed by atoms with Gasteiger partial charge in [-0.2, -0.15) is 0 Å². The van der Waals surface area contributed by atoms with Crippen LogP contribution in [-0.2, 0) is 9.53 Å². The molecule has 2 aromatic carbocycles. The maximum Gasteiger partial charge on any atom is 0.265 e. The molecule has 1 atom stereocenters. The van der Waals surface area contributed by atoms with Crippen LogP contribution in [0, 0.1) is 13.8 Å². The summed E-state index contributed by atoms with van der Waals surface area (Å²) in [6.07, 6.45) is -0.138. The van der Waals surface area contributed by atoms with E-state index < -0.39 is 6.10 Å². The van der Waals surface area contributed by atoms with Gasteiger partial charge in [-0.15, -0.1) is 0 Å². The highest BCUT2D eigenvalue weighted by Gasteiger charge is 2.24. The number of nitrogens with zero attached hydrogens (tertiary/aromatic N) is 1. The van der Waals surface area contributed by atoms with E-state index in [2.05, 4.69) is 5.32 Å². The Morgan fingerprint density at radius 2 is 1.83 bits per heavy atom. The molecule has 1 fully saturated rings. The van der Waals surface area contributed by atoms with Crippen LogP contribution in [0.5, 0.6) is 5.75 Å². The SMILES string of the molecule is CCC(Oc1cccc(C)c1C)C(=O)Nc1ccccc1C(=O)N1CCOCC1. The van der Waals surface area contributed by atoms with Crippen LogP contribution in [0.4, 0.5) is 5.69 Å². The number of para-hydroxylation sites is 1. The van der Waals surface area contributed by atoms with E-state index >= 15 is 0 Å². The molecule has 3 rings (SSSR count). The highest BCUT2D eigenvalue weighted by Crippen LogP contribution is 2.24. The summed E-state index contributed by atoms with van der Waals surface area (Å²) in [5.41, 5.74) is 3.10. The van der Waals surface area contributed by atoms with Crippen LogP contribution < -0.4 is 10.1 Å². The fourth-order valence-electron chi connectivity index (χ4n) is 3.26. The third-order valence-electron chi connectivity index (χ3n) is 5.20. The summed E-state index contributed by atoms with van der Waals surface area (Å²) < 4.78 is 11.3.